The Hall–Kier alpha value is -8.34. The Morgan fingerprint density at radius 3 is 1.06 bits per heavy atom. The van der Waals surface area contributed by atoms with Crippen molar-refractivity contribution in [2.24, 2.45) is 0 Å². The molecule has 0 bridgehead atoms. The number of rotatable bonds is 4. The van der Waals surface area contributed by atoms with Crippen molar-refractivity contribution in [3.63, 3.8) is 0 Å². The standard InChI is InChI=1S/C66H50N4/c1-65(2,3)41-27-29-53-47(31-41)59-57(69(53)43-23-15-9-16-24-43)34-45-51(39-19-11-7-12-20-39)37-67-55-36-56-50(33-49(55)61(59)63(45)67)62-60-48-32-42(66(4,5)6)28-30-54(48)70(44-25-17-10-18-26-44)58(60)35-46-52(38-68(56)64(46)62)40-21-13-8-14-22-40/h7-38H,1-6H3. The molecular weight excluding hydrogens is 849 g/mol. The Morgan fingerprint density at radius 2 is 0.671 bits per heavy atom. The first-order valence-corrected chi connectivity index (χ1v) is 24.8. The monoisotopic (exact) mass is 898 g/mol. The Labute approximate surface area is 405 Å². The van der Waals surface area contributed by atoms with Crippen LogP contribution < -0.4 is 0 Å². The lowest BCUT2D eigenvalue weighted by Crippen LogP contribution is -2.10. The molecule has 0 aliphatic carbocycles. The van der Waals surface area contributed by atoms with Gasteiger partial charge in [-0.3, -0.25) is 0 Å². The first kappa shape index (κ1) is 39.6. The van der Waals surface area contributed by atoms with Gasteiger partial charge in [-0.2, -0.15) is 0 Å². The number of para-hydroxylation sites is 2. The average molecular weight is 899 g/mol. The number of hydrogen-bond donors (Lipinski definition) is 0. The van der Waals surface area contributed by atoms with E-state index in [0.29, 0.717) is 0 Å². The maximum atomic E-state index is 2.58. The maximum absolute atomic E-state index is 2.58. The molecule has 0 atom stereocenters. The predicted octanol–water partition coefficient (Wildman–Crippen LogP) is 17.8. The van der Waals surface area contributed by atoms with Gasteiger partial charge in [0, 0.05) is 88.8 Å². The molecule has 0 aliphatic rings. The van der Waals surface area contributed by atoms with Crippen LogP contribution in [0.4, 0.5) is 0 Å². The van der Waals surface area contributed by atoms with Crippen LogP contribution in [0.25, 0.3) is 132 Å². The number of hydrogen-bond acceptors (Lipinski definition) is 0. The van der Waals surface area contributed by atoms with Crippen LogP contribution in [0.1, 0.15) is 52.7 Å². The van der Waals surface area contributed by atoms with Crippen LogP contribution in [0, 0.1) is 0 Å². The molecular formula is C66H50N4. The summed E-state index contributed by atoms with van der Waals surface area (Å²) < 4.78 is 10.1. The summed E-state index contributed by atoms with van der Waals surface area (Å²) in [6.07, 6.45) is 4.83. The molecule has 15 aromatic rings. The van der Waals surface area contributed by atoms with Crippen LogP contribution in [0.3, 0.4) is 0 Å². The smallest absolute Gasteiger partial charge is 0.0622 e. The third-order valence-electron chi connectivity index (χ3n) is 15.7. The fourth-order valence-electron chi connectivity index (χ4n) is 12.4. The summed E-state index contributed by atoms with van der Waals surface area (Å²) in [6.45, 7) is 14.0. The van der Waals surface area contributed by atoms with E-state index in [2.05, 4.69) is 254 Å². The molecule has 0 amide bonds. The van der Waals surface area contributed by atoms with Crippen molar-refractivity contribution in [1.29, 1.82) is 0 Å². The van der Waals surface area contributed by atoms with Crippen LogP contribution in [-0.4, -0.2) is 17.9 Å². The zero-order valence-corrected chi connectivity index (χ0v) is 40.3. The van der Waals surface area contributed by atoms with Gasteiger partial charge in [0.1, 0.15) is 0 Å². The predicted molar refractivity (Wildman–Crippen MR) is 298 cm³/mol. The van der Waals surface area contributed by atoms with E-state index in [4.69, 9.17) is 0 Å². The number of fused-ring (bicyclic) bond motifs is 14. The van der Waals surface area contributed by atoms with E-state index < -0.39 is 0 Å². The zero-order valence-electron chi connectivity index (χ0n) is 40.3. The number of benzene rings is 9. The topological polar surface area (TPSA) is 18.7 Å². The van der Waals surface area contributed by atoms with Gasteiger partial charge in [0.25, 0.3) is 0 Å². The summed E-state index contributed by atoms with van der Waals surface area (Å²) in [6, 6.07) is 68.3. The Bertz CT molecular complexity index is 4310. The van der Waals surface area contributed by atoms with Gasteiger partial charge in [-0.05, 0) is 106 Å². The molecule has 4 heteroatoms. The van der Waals surface area contributed by atoms with E-state index in [1.165, 1.54) is 131 Å². The van der Waals surface area contributed by atoms with Gasteiger partial charge in [0.05, 0.1) is 44.1 Å². The lowest BCUT2D eigenvalue weighted by molar-refractivity contribution is 0.591. The molecule has 0 radical (unpaired) electrons. The molecule has 0 fully saturated rings. The highest BCUT2D eigenvalue weighted by Crippen LogP contribution is 2.52. The summed E-state index contributed by atoms with van der Waals surface area (Å²) in [7, 11) is 0. The summed E-state index contributed by atoms with van der Waals surface area (Å²) in [5, 5.41) is 12.9. The van der Waals surface area contributed by atoms with Crippen molar-refractivity contribution in [1.82, 2.24) is 17.9 Å². The molecule has 0 saturated heterocycles. The van der Waals surface area contributed by atoms with Crippen molar-refractivity contribution >= 4 is 98.0 Å². The zero-order chi connectivity index (χ0) is 46.9. The lowest BCUT2D eigenvalue weighted by atomic mass is 9.86. The van der Waals surface area contributed by atoms with E-state index in [0.717, 1.165) is 11.4 Å². The van der Waals surface area contributed by atoms with E-state index in [-0.39, 0.29) is 10.8 Å². The molecule has 0 spiro atoms. The van der Waals surface area contributed by atoms with Crippen molar-refractivity contribution in [2.75, 3.05) is 0 Å². The molecule has 334 valence electrons. The van der Waals surface area contributed by atoms with Gasteiger partial charge in [0.2, 0.25) is 0 Å². The third kappa shape index (κ3) is 5.25. The molecule has 9 aromatic carbocycles. The van der Waals surface area contributed by atoms with Crippen molar-refractivity contribution in [3.8, 4) is 33.6 Å². The lowest BCUT2D eigenvalue weighted by Gasteiger charge is -2.19. The summed E-state index contributed by atoms with van der Waals surface area (Å²) >= 11 is 0. The normalized spacial score (nSPS) is 13.0. The molecule has 6 aromatic heterocycles. The summed E-state index contributed by atoms with van der Waals surface area (Å²) in [5.74, 6) is 0. The van der Waals surface area contributed by atoms with Gasteiger partial charge in [-0.25, -0.2) is 0 Å². The first-order valence-electron chi connectivity index (χ1n) is 24.8. The number of aromatic nitrogens is 4. The Morgan fingerprint density at radius 1 is 0.300 bits per heavy atom. The minimum atomic E-state index is -0.0266. The molecule has 4 nitrogen and oxygen atoms in total. The molecule has 0 unspecified atom stereocenters. The summed E-state index contributed by atoms with van der Waals surface area (Å²) in [5.41, 5.74) is 19.7. The molecule has 6 heterocycles. The van der Waals surface area contributed by atoms with Gasteiger partial charge in [-0.1, -0.05) is 151 Å². The van der Waals surface area contributed by atoms with Crippen molar-refractivity contribution in [2.45, 2.75) is 52.4 Å². The van der Waals surface area contributed by atoms with E-state index >= 15 is 0 Å². The highest BCUT2D eigenvalue weighted by Gasteiger charge is 2.29. The minimum Gasteiger partial charge on any atom is -0.315 e. The largest absolute Gasteiger partial charge is 0.315 e. The Balaban J connectivity index is 1.19. The fraction of sp³-hybridized carbons (Fsp3) is 0.121. The molecule has 0 saturated carbocycles. The van der Waals surface area contributed by atoms with E-state index in [1.54, 1.807) is 0 Å². The minimum absolute atomic E-state index is 0.0266. The van der Waals surface area contributed by atoms with Crippen LogP contribution in [-0.2, 0) is 10.8 Å². The molecule has 0 aliphatic heterocycles. The second kappa shape index (κ2) is 13.7. The van der Waals surface area contributed by atoms with Crippen LogP contribution >= 0.6 is 0 Å². The van der Waals surface area contributed by atoms with Gasteiger partial charge in [-0.15, -0.1) is 0 Å². The molecule has 15 rings (SSSR count). The summed E-state index contributed by atoms with van der Waals surface area (Å²) in [4.78, 5) is 0. The van der Waals surface area contributed by atoms with Crippen LogP contribution in [0.2, 0.25) is 0 Å². The number of nitrogens with zero attached hydrogens (tertiary/aromatic N) is 4. The molecule has 0 N–H and O–H groups in total. The van der Waals surface area contributed by atoms with Crippen molar-refractivity contribution in [3.05, 3.63) is 206 Å². The van der Waals surface area contributed by atoms with Gasteiger partial charge in [0.15, 0.2) is 0 Å². The van der Waals surface area contributed by atoms with Gasteiger partial charge < -0.3 is 17.9 Å². The SMILES string of the molecule is CC(C)(C)c1ccc2c(c1)c1c3c4cc5c6c7c8cc(C(C)(C)C)ccc8n(-c8ccccc8)c7cc7c(-c8ccccc8)cn(c5cc4n4cc(-c5ccccc5)c(cc1n2-c1ccccc1)c34)c76. The average Bonchev–Trinajstić information content (AvgIpc) is 4.22. The quantitative estimate of drug-likeness (QED) is 0.168. The molecule has 70 heavy (non-hydrogen) atoms. The second-order valence-corrected chi connectivity index (χ2v) is 21.8. The second-order valence-electron chi connectivity index (χ2n) is 21.8. The highest BCUT2D eigenvalue weighted by atomic mass is 15.0. The third-order valence-corrected chi connectivity index (χ3v) is 15.7. The highest BCUT2D eigenvalue weighted by molar-refractivity contribution is 6.38. The van der Waals surface area contributed by atoms with E-state index in [1.807, 2.05) is 0 Å². The van der Waals surface area contributed by atoms with Crippen molar-refractivity contribution < 1.29 is 0 Å². The van der Waals surface area contributed by atoms with Gasteiger partial charge >= 0.3 is 0 Å². The van der Waals surface area contributed by atoms with Crippen LogP contribution in [0.15, 0.2) is 194 Å². The fourth-order valence-corrected chi connectivity index (χ4v) is 12.4. The van der Waals surface area contributed by atoms with Crippen LogP contribution in [0.5, 0.6) is 0 Å². The first-order chi connectivity index (χ1) is 34.0. The Kier molecular flexibility index (Phi) is 7.74. The maximum Gasteiger partial charge on any atom is 0.0622 e. The van der Waals surface area contributed by atoms with E-state index in [9.17, 15) is 0 Å².